The molecular weight excluding hydrogens is 332 g/mol. The van der Waals surface area contributed by atoms with Crippen molar-refractivity contribution in [3.8, 4) is 0 Å². The lowest BCUT2D eigenvalue weighted by atomic mass is 10.3. The van der Waals surface area contributed by atoms with Crippen LogP contribution >= 0.6 is 11.8 Å². The van der Waals surface area contributed by atoms with Crippen molar-refractivity contribution < 1.29 is 4.79 Å². The minimum Gasteiger partial charge on any atom is -0.369 e. The Kier molecular flexibility index (Phi) is 4.69. The van der Waals surface area contributed by atoms with Crippen molar-refractivity contribution in [2.45, 2.75) is 5.16 Å². The van der Waals surface area contributed by atoms with E-state index < -0.39 is 0 Å². The first-order valence-corrected chi connectivity index (χ1v) is 8.38. The van der Waals surface area contributed by atoms with E-state index in [-0.39, 0.29) is 17.4 Å². The first-order valence-electron chi connectivity index (χ1n) is 7.39. The molecule has 1 saturated heterocycles. The van der Waals surface area contributed by atoms with Crippen molar-refractivity contribution in [3.63, 3.8) is 0 Å². The van der Waals surface area contributed by atoms with E-state index >= 15 is 0 Å². The molecule has 1 aliphatic rings. The van der Waals surface area contributed by atoms with Crippen LogP contribution in [0.4, 0.5) is 11.8 Å². The molecule has 10 nitrogen and oxygen atoms in total. The van der Waals surface area contributed by atoms with Crippen LogP contribution in [0.15, 0.2) is 22.3 Å². The number of H-pyrrole nitrogens is 1. The van der Waals surface area contributed by atoms with Crippen molar-refractivity contribution in [1.29, 1.82) is 0 Å². The van der Waals surface area contributed by atoms with Crippen molar-refractivity contribution in [1.82, 2.24) is 29.6 Å². The van der Waals surface area contributed by atoms with Crippen LogP contribution in [0.5, 0.6) is 0 Å². The number of amides is 1. The molecule has 3 heterocycles. The van der Waals surface area contributed by atoms with Gasteiger partial charge in [-0.25, -0.2) is 0 Å². The number of rotatable bonds is 4. The molecule has 1 fully saturated rings. The number of piperazine rings is 1. The Morgan fingerprint density at radius 3 is 2.75 bits per heavy atom. The third-order valence-corrected chi connectivity index (χ3v) is 4.72. The summed E-state index contributed by atoms with van der Waals surface area (Å²) >= 11 is 1.37. The summed E-state index contributed by atoms with van der Waals surface area (Å²) in [4.78, 5) is 34.1. The fourth-order valence-corrected chi connectivity index (χ4v) is 3.22. The average Bonchev–Trinajstić information content (AvgIpc) is 2.97. The van der Waals surface area contributed by atoms with Gasteiger partial charge in [-0.05, 0) is 0 Å². The lowest BCUT2D eigenvalue weighted by Crippen LogP contribution is -2.49. The molecule has 11 heteroatoms. The predicted octanol–water partition coefficient (Wildman–Crippen LogP) is -1.08. The third kappa shape index (κ3) is 3.67. The molecule has 0 unspecified atom stereocenters. The number of hydrogen-bond acceptors (Lipinski definition) is 8. The number of carbonyl (C=O) groups is 1. The van der Waals surface area contributed by atoms with Crippen LogP contribution in [-0.2, 0) is 11.8 Å². The van der Waals surface area contributed by atoms with Crippen LogP contribution in [0.3, 0.4) is 0 Å². The monoisotopic (exact) mass is 350 g/mol. The van der Waals surface area contributed by atoms with Crippen LogP contribution in [-0.4, -0.2) is 67.5 Å². The minimum absolute atomic E-state index is 0.0565. The highest BCUT2D eigenvalue weighted by Crippen LogP contribution is 2.16. The number of aryl methyl sites for hydroxylation is 1. The largest absolute Gasteiger partial charge is 0.369 e. The maximum absolute atomic E-state index is 12.3. The second kappa shape index (κ2) is 6.91. The molecular formula is C13H18N8O2S. The standard InChI is InChI=1S/C13H18N8O2S/c1-19-8-15-18-13(19)24-7-11(23)21-4-2-20(3-5-21)9-6-10(22)17-12(14)16-9/h6,8H,2-5,7H2,1H3,(H3,14,16,17,22). The Morgan fingerprint density at radius 2 is 2.12 bits per heavy atom. The first-order chi connectivity index (χ1) is 11.5. The maximum Gasteiger partial charge on any atom is 0.254 e. The molecule has 0 atom stereocenters. The smallest absolute Gasteiger partial charge is 0.254 e. The van der Waals surface area contributed by atoms with Crippen molar-refractivity contribution in [3.05, 3.63) is 22.7 Å². The molecule has 3 rings (SSSR count). The summed E-state index contributed by atoms with van der Waals surface area (Å²) in [6, 6.07) is 1.41. The van der Waals surface area contributed by atoms with Gasteiger partial charge in [0, 0.05) is 39.3 Å². The number of aromatic amines is 1. The summed E-state index contributed by atoms with van der Waals surface area (Å²) in [6.07, 6.45) is 1.60. The van der Waals surface area contributed by atoms with Gasteiger partial charge in [0.15, 0.2) is 5.16 Å². The highest BCUT2D eigenvalue weighted by atomic mass is 32.2. The Balaban J connectivity index is 1.53. The minimum atomic E-state index is -0.281. The second-order valence-corrected chi connectivity index (χ2v) is 6.31. The maximum atomic E-state index is 12.3. The number of aromatic nitrogens is 5. The Morgan fingerprint density at radius 1 is 1.38 bits per heavy atom. The summed E-state index contributed by atoms with van der Waals surface area (Å²) < 4.78 is 1.78. The summed E-state index contributed by atoms with van der Waals surface area (Å²) in [6.45, 7) is 2.37. The number of nitrogen functional groups attached to an aromatic ring is 1. The fraction of sp³-hybridized carbons (Fsp3) is 0.462. The molecule has 2 aromatic rings. The van der Waals surface area contributed by atoms with E-state index in [0.29, 0.717) is 42.9 Å². The van der Waals surface area contributed by atoms with Crippen LogP contribution in [0.25, 0.3) is 0 Å². The van der Waals surface area contributed by atoms with Gasteiger partial charge in [0.2, 0.25) is 11.9 Å². The topological polar surface area (TPSA) is 126 Å². The number of anilines is 2. The van der Waals surface area contributed by atoms with Crippen LogP contribution < -0.4 is 16.2 Å². The first kappa shape index (κ1) is 16.3. The van der Waals surface area contributed by atoms with Crippen molar-refractivity contribution in [2.24, 2.45) is 7.05 Å². The fourth-order valence-electron chi connectivity index (χ4n) is 2.43. The molecule has 1 amide bonds. The van der Waals surface area contributed by atoms with Gasteiger partial charge in [-0.3, -0.25) is 14.6 Å². The Hall–Kier alpha value is -2.56. The van der Waals surface area contributed by atoms with E-state index in [1.807, 2.05) is 11.9 Å². The molecule has 0 saturated carbocycles. The van der Waals surface area contributed by atoms with Gasteiger partial charge in [-0.2, -0.15) is 4.98 Å². The molecule has 1 aliphatic heterocycles. The Bertz CT molecular complexity index is 780. The molecule has 2 aromatic heterocycles. The summed E-state index contributed by atoms with van der Waals surface area (Å²) in [7, 11) is 1.84. The normalized spacial score (nSPS) is 14.9. The SMILES string of the molecule is Cn1cnnc1SCC(=O)N1CCN(c2cc(=O)[nH]c(N)n2)CC1. The van der Waals surface area contributed by atoms with Crippen LogP contribution in [0.2, 0.25) is 0 Å². The third-order valence-electron chi connectivity index (χ3n) is 3.70. The zero-order chi connectivity index (χ0) is 17.1. The summed E-state index contributed by atoms with van der Waals surface area (Å²) in [5.41, 5.74) is 5.28. The second-order valence-electron chi connectivity index (χ2n) is 5.37. The predicted molar refractivity (Wildman–Crippen MR) is 89.8 cm³/mol. The summed E-state index contributed by atoms with van der Waals surface area (Å²) in [5, 5.41) is 8.44. The number of carbonyl (C=O) groups excluding carboxylic acids is 1. The number of hydrogen-bond donors (Lipinski definition) is 2. The van der Waals surface area contributed by atoms with Gasteiger partial charge in [-0.15, -0.1) is 10.2 Å². The highest BCUT2D eigenvalue weighted by Gasteiger charge is 2.22. The number of nitrogens with zero attached hydrogens (tertiary/aromatic N) is 6. The molecule has 128 valence electrons. The van der Waals surface area contributed by atoms with Gasteiger partial charge in [0.25, 0.3) is 5.56 Å². The van der Waals surface area contributed by atoms with Gasteiger partial charge in [-0.1, -0.05) is 11.8 Å². The lowest BCUT2D eigenvalue weighted by Gasteiger charge is -2.35. The van der Waals surface area contributed by atoms with Crippen LogP contribution in [0.1, 0.15) is 0 Å². The summed E-state index contributed by atoms with van der Waals surface area (Å²) in [5.74, 6) is 1.01. The van der Waals surface area contributed by atoms with E-state index in [1.165, 1.54) is 17.8 Å². The van der Waals surface area contributed by atoms with Crippen molar-refractivity contribution in [2.75, 3.05) is 42.6 Å². The molecule has 0 aliphatic carbocycles. The molecule has 0 bridgehead atoms. The highest BCUT2D eigenvalue weighted by molar-refractivity contribution is 7.99. The van der Waals surface area contributed by atoms with E-state index in [4.69, 9.17) is 5.73 Å². The Labute approximate surface area is 142 Å². The molecule has 0 radical (unpaired) electrons. The lowest BCUT2D eigenvalue weighted by molar-refractivity contribution is -0.128. The van der Waals surface area contributed by atoms with Crippen LogP contribution in [0, 0.1) is 0 Å². The van der Waals surface area contributed by atoms with E-state index in [9.17, 15) is 9.59 Å². The molecule has 24 heavy (non-hydrogen) atoms. The van der Waals surface area contributed by atoms with Gasteiger partial charge in [0.05, 0.1) is 5.75 Å². The van der Waals surface area contributed by atoms with Crippen molar-refractivity contribution >= 4 is 29.4 Å². The van der Waals surface area contributed by atoms with Gasteiger partial charge in [0.1, 0.15) is 12.1 Å². The quantitative estimate of drug-likeness (QED) is 0.667. The number of nitrogens with one attached hydrogen (secondary N) is 1. The zero-order valence-electron chi connectivity index (χ0n) is 13.2. The zero-order valence-corrected chi connectivity index (χ0v) is 14.0. The average molecular weight is 350 g/mol. The number of thioether (sulfide) groups is 1. The van der Waals surface area contributed by atoms with E-state index in [2.05, 4.69) is 20.2 Å². The molecule has 0 aromatic carbocycles. The molecule has 0 spiro atoms. The molecule has 3 N–H and O–H groups in total. The van der Waals surface area contributed by atoms with Gasteiger partial charge < -0.3 is 20.1 Å². The van der Waals surface area contributed by atoms with E-state index in [0.717, 1.165) is 0 Å². The van der Waals surface area contributed by atoms with Gasteiger partial charge >= 0.3 is 0 Å². The van der Waals surface area contributed by atoms with E-state index in [1.54, 1.807) is 15.8 Å². The number of nitrogens with two attached hydrogens (primary N) is 1.